The van der Waals surface area contributed by atoms with Crippen LogP contribution in [0.3, 0.4) is 0 Å². The lowest BCUT2D eigenvalue weighted by Gasteiger charge is -2.27. The monoisotopic (exact) mass is 411 g/mol. The van der Waals surface area contributed by atoms with Crippen LogP contribution in [0.4, 0.5) is 27.6 Å². The second kappa shape index (κ2) is 8.40. The van der Waals surface area contributed by atoms with Gasteiger partial charge >= 0.3 is 18.1 Å². The number of nitro benzene ring substituents is 1. The Morgan fingerprint density at radius 1 is 1.18 bits per heavy atom. The van der Waals surface area contributed by atoms with Crippen molar-refractivity contribution in [1.29, 1.82) is 0 Å². The van der Waals surface area contributed by atoms with Crippen LogP contribution in [-0.2, 0) is 19.1 Å². The molecule has 0 N–H and O–H groups in total. The first-order chi connectivity index (χ1) is 12.8. The molecule has 7 nitrogen and oxygen atoms in total. The van der Waals surface area contributed by atoms with Gasteiger partial charge in [-0.3, -0.25) is 24.5 Å². The first-order valence-electron chi connectivity index (χ1n) is 7.66. The molecule has 0 saturated carbocycles. The standard InChI is InChI=1S/C16H14F5NO6/c1-3-28-14(25)11(8(2)23)12(13(24)15(17,18)16(19,20)21)9-5-4-6-10(7-9)22(26)27/h4-7,11-12H,3H2,1-2H3. The van der Waals surface area contributed by atoms with Gasteiger partial charge in [0.1, 0.15) is 11.7 Å². The molecule has 12 heteroatoms. The number of hydrogen-bond donors (Lipinski definition) is 0. The average Bonchev–Trinajstić information content (AvgIpc) is 2.57. The molecule has 0 amide bonds. The Hall–Kier alpha value is -2.92. The van der Waals surface area contributed by atoms with E-state index in [0.717, 1.165) is 18.2 Å². The number of esters is 1. The van der Waals surface area contributed by atoms with Crippen LogP contribution in [-0.4, -0.2) is 41.2 Å². The van der Waals surface area contributed by atoms with Crippen molar-refractivity contribution < 1.29 is 46.0 Å². The predicted molar refractivity (Wildman–Crippen MR) is 82.7 cm³/mol. The van der Waals surface area contributed by atoms with Gasteiger partial charge in [-0.25, -0.2) is 0 Å². The summed E-state index contributed by atoms with van der Waals surface area (Å²) in [5.41, 5.74) is -1.46. The minimum Gasteiger partial charge on any atom is -0.465 e. The van der Waals surface area contributed by atoms with E-state index < -0.39 is 57.6 Å². The van der Waals surface area contributed by atoms with Gasteiger partial charge in [-0.05, 0) is 19.4 Å². The van der Waals surface area contributed by atoms with Gasteiger partial charge in [0, 0.05) is 12.1 Å². The zero-order chi connectivity index (χ0) is 21.9. The van der Waals surface area contributed by atoms with Gasteiger partial charge in [0.15, 0.2) is 0 Å². The summed E-state index contributed by atoms with van der Waals surface area (Å²) in [6, 6.07) is 3.18. The highest BCUT2D eigenvalue weighted by Gasteiger charge is 2.66. The van der Waals surface area contributed by atoms with Gasteiger partial charge in [-0.1, -0.05) is 12.1 Å². The molecule has 0 heterocycles. The van der Waals surface area contributed by atoms with Crippen molar-refractivity contribution in [2.45, 2.75) is 31.9 Å². The van der Waals surface area contributed by atoms with Crippen LogP contribution < -0.4 is 0 Å². The Kier molecular flexibility index (Phi) is 6.93. The Labute approximate surface area is 154 Å². The number of halogens is 5. The van der Waals surface area contributed by atoms with Crippen LogP contribution in [0.25, 0.3) is 0 Å². The van der Waals surface area contributed by atoms with E-state index >= 15 is 0 Å². The summed E-state index contributed by atoms with van der Waals surface area (Å²) < 4.78 is 70.1. The highest BCUT2D eigenvalue weighted by molar-refractivity contribution is 6.06. The molecule has 0 bridgehead atoms. The third-order valence-electron chi connectivity index (χ3n) is 3.70. The van der Waals surface area contributed by atoms with Crippen LogP contribution in [0.2, 0.25) is 0 Å². The van der Waals surface area contributed by atoms with E-state index in [0.29, 0.717) is 13.0 Å². The number of ketones is 2. The smallest absolute Gasteiger partial charge is 0.461 e. The molecular formula is C16H14F5NO6. The lowest BCUT2D eigenvalue weighted by atomic mass is 9.78. The maximum absolute atomic E-state index is 13.7. The van der Waals surface area contributed by atoms with Gasteiger partial charge in [-0.15, -0.1) is 0 Å². The number of non-ortho nitro benzene ring substituents is 1. The normalized spacial score (nSPS) is 14.1. The van der Waals surface area contributed by atoms with Gasteiger partial charge in [0.05, 0.1) is 17.4 Å². The number of benzene rings is 1. The van der Waals surface area contributed by atoms with Crippen molar-refractivity contribution >= 4 is 23.2 Å². The molecule has 0 radical (unpaired) electrons. The van der Waals surface area contributed by atoms with Gasteiger partial charge in [-0.2, -0.15) is 22.0 Å². The molecule has 2 atom stereocenters. The van der Waals surface area contributed by atoms with E-state index in [4.69, 9.17) is 0 Å². The largest absolute Gasteiger partial charge is 0.465 e. The molecule has 0 saturated heterocycles. The summed E-state index contributed by atoms with van der Waals surface area (Å²) >= 11 is 0. The highest BCUT2D eigenvalue weighted by Crippen LogP contribution is 2.43. The van der Waals surface area contributed by atoms with E-state index in [-0.39, 0.29) is 6.61 Å². The topological polar surface area (TPSA) is 104 Å². The van der Waals surface area contributed by atoms with Crippen molar-refractivity contribution in [2.75, 3.05) is 6.61 Å². The average molecular weight is 411 g/mol. The molecule has 154 valence electrons. The van der Waals surface area contributed by atoms with Crippen LogP contribution in [0.15, 0.2) is 24.3 Å². The highest BCUT2D eigenvalue weighted by atomic mass is 19.4. The molecule has 0 aliphatic heterocycles. The fourth-order valence-electron chi connectivity index (χ4n) is 2.43. The van der Waals surface area contributed by atoms with Crippen LogP contribution in [0.1, 0.15) is 25.3 Å². The number of nitro groups is 1. The van der Waals surface area contributed by atoms with Gasteiger partial charge in [0.25, 0.3) is 5.69 Å². The van der Waals surface area contributed by atoms with E-state index in [1.807, 2.05) is 0 Å². The minimum atomic E-state index is -6.31. The maximum Gasteiger partial charge on any atom is 0.461 e. The summed E-state index contributed by atoms with van der Waals surface area (Å²) in [6.07, 6.45) is -6.31. The van der Waals surface area contributed by atoms with Crippen LogP contribution in [0.5, 0.6) is 0 Å². The molecule has 0 aromatic heterocycles. The van der Waals surface area contributed by atoms with Crippen LogP contribution >= 0.6 is 0 Å². The summed E-state index contributed by atoms with van der Waals surface area (Å²) in [5, 5.41) is 10.9. The second-order valence-electron chi connectivity index (χ2n) is 5.61. The number of ether oxygens (including phenoxy) is 1. The fourth-order valence-corrected chi connectivity index (χ4v) is 2.43. The Morgan fingerprint density at radius 3 is 2.18 bits per heavy atom. The number of carbonyl (C=O) groups excluding carboxylic acids is 3. The molecule has 2 unspecified atom stereocenters. The molecule has 0 spiro atoms. The lowest BCUT2D eigenvalue weighted by Crippen LogP contribution is -2.49. The summed E-state index contributed by atoms with van der Waals surface area (Å²) in [5.74, 6) is -16.4. The zero-order valence-corrected chi connectivity index (χ0v) is 14.5. The molecule has 0 aliphatic rings. The Morgan fingerprint density at radius 2 is 1.75 bits per heavy atom. The molecule has 1 aromatic rings. The third-order valence-corrected chi connectivity index (χ3v) is 3.70. The molecule has 0 fully saturated rings. The van der Waals surface area contributed by atoms with Crippen molar-refractivity contribution in [2.24, 2.45) is 5.92 Å². The van der Waals surface area contributed by atoms with E-state index in [2.05, 4.69) is 4.74 Å². The predicted octanol–water partition coefficient (Wildman–Crippen LogP) is 3.21. The second-order valence-corrected chi connectivity index (χ2v) is 5.61. The first kappa shape index (κ1) is 23.1. The number of hydrogen-bond acceptors (Lipinski definition) is 6. The number of rotatable bonds is 8. The number of carbonyl (C=O) groups is 3. The Bertz CT molecular complexity index is 792. The number of Topliss-reactive ketones (excluding diaryl/α,β-unsaturated/α-hetero) is 2. The van der Waals surface area contributed by atoms with Crippen molar-refractivity contribution in [3.63, 3.8) is 0 Å². The first-order valence-corrected chi connectivity index (χ1v) is 7.66. The van der Waals surface area contributed by atoms with E-state index in [1.165, 1.54) is 6.92 Å². The Balaban J connectivity index is 3.69. The zero-order valence-electron chi connectivity index (χ0n) is 14.5. The van der Waals surface area contributed by atoms with Crippen LogP contribution in [0, 0.1) is 16.0 Å². The van der Waals surface area contributed by atoms with Crippen molar-refractivity contribution in [3.05, 3.63) is 39.9 Å². The number of nitrogens with zero attached hydrogens (tertiary/aromatic N) is 1. The van der Waals surface area contributed by atoms with E-state index in [1.54, 1.807) is 0 Å². The molecule has 28 heavy (non-hydrogen) atoms. The van der Waals surface area contributed by atoms with Gasteiger partial charge in [0.2, 0.25) is 5.78 Å². The van der Waals surface area contributed by atoms with Crippen molar-refractivity contribution in [3.8, 4) is 0 Å². The summed E-state index contributed by atoms with van der Waals surface area (Å²) in [6.45, 7) is 1.63. The SMILES string of the molecule is CCOC(=O)C(C(C)=O)C(C(=O)C(F)(F)C(F)(F)F)c1cccc([N+](=O)[O-])c1. The molecule has 1 aromatic carbocycles. The van der Waals surface area contributed by atoms with E-state index in [9.17, 15) is 46.5 Å². The third kappa shape index (κ3) is 4.67. The fraction of sp³-hybridized carbons (Fsp3) is 0.438. The molecular weight excluding hydrogens is 397 g/mol. The minimum absolute atomic E-state index is 0.353. The van der Waals surface area contributed by atoms with Crippen molar-refractivity contribution in [1.82, 2.24) is 0 Å². The maximum atomic E-state index is 13.7. The number of alkyl halides is 5. The molecule has 1 rings (SSSR count). The summed E-state index contributed by atoms with van der Waals surface area (Å²) in [7, 11) is 0. The molecule has 0 aliphatic carbocycles. The van der Waals surface area contributed by atoms with Gasteiger partial charge < -0.3 is 4.74 Å². The summed E-state index contributed by atoms with van der Waals surface area (Å²) in [4.78, 5) is 45.9. The lowest BCUT2D eigenvalue weighted by molar-refractivity contribution is -0.384. The quantitative estimate of drug-likeness (QED) is 0.214.